The summed E-state index contributed by atoms with van der Waals surface area (Å²) >= 11 is 0. The number of carbonyl (C=O) groups is 2. The second-order valence-corrected chi connectivity index (χ2v) is 8.82. The molecule has 3 N–H and O–H groups in total. The van der Waals surface area contributed by atoms with E-state index in [-0.39, 0.29) is 17.9 Å². The smallest absolute Gasteiger partial charge is 0.315 e. The molecule has 0 spiro atoms. The van der Waals surface area contributed by atoms with Crippen molar-refractivity contribution in [2.75, 3.05) is 11.5 Å². The lowest BCUT2D eigenvalue weighted by atomic mass is 9.85. The molecule has 0 aromatic rings. The third kappa shape index (κ3) is 6.33. The first kappa shape index (κ1) is 17.7. The summed E-state index contributed by atoms with van der Waals surface area (Å²) in [5.41, 5.74) is -0.408. The maximum absolute atomic E-state index is 12.0. The quantitative estimate of drug-likeness (QED) is 0.707. The van der Waals surface area contributed by atoms with Gasteiger partial charge in [-0.1, -0.05) is 20.8 Å². The van der Waals surface area contributed by atoms with Gasteiger partial charge in [-0.2, -0.15) is 0 Å². The van der Waals surface area contributed by atoms with Gasteiger partial charge in [-0.05, 0) is 18.3 Å². The van der Waals surface area contributed by atoms with Crippen LogP contribution in [-0.2, 0) is 14.6 Å². The maximum atomic E-state index is 12.0. The summed E-state index contributed by atoms with van der Waals surface area (Å²) in [6.07, 6.45) is 0.969. The predicted molar refractivity (Wildman–Crippen MR) is 78.8 cm³/mol. The SMILES string of the molecule is CC(C)(C)C(CC(=O)O)NC(=O)NC1CCCS(=O)(=O)C1. The van der Waals surface area contributed by atoms with Crippen LogP contribution in [0.3, 0.4) is 0 Å². The summed E-state index contributed by atoms with van der Waals surface area (Å²) in [6, 6.07) is -1.46. The molecule has 0 aromatic carbocycles. The first-order chi connectivity index (χ1) is 9.49. The lowest BCUT2D eigenvalue weighted by Crippen LogP contribution is -2.53. The molecule has 2 unspecified atom stereocenters. The highest BCUT2D eigenvalue weighted by Gasteiger charge is 2.30. The topological polar surface area (TPSA) is 113 Å². The molecule has 1 aliphatic heterocycles. The normalized spacial score (nSPS) is 23.1. The zero-order valence-corrected chi connectivity index (χ0v) is 13.5. The Balaban J connectivity index is 2.60. The van der Waals surface area contributed by atoms with Crippen molar-refractivity contribution in [2.24, 2.45) is 5.41 Å². The van der Waals surface area contributed by atoms with Crippen molar-refractivity contribution in [2.45, 2.75) is 52.1 Å². The van der Waals surface area contributed by atoms with Gasteiger partial charge >= 0.3 is 12.0 Å². The van der Waals surface area contributed by atoms with Crippen LogP contribution in [0.5, 0.6) is 0 Å². The fourth-order valence-electron chi connectivity index (χ4n) is 2.27. The highest BCUT2D eigenvalue weighted by molar-refractivity contribution is 7.91. The second kappa shape index (κ2) is 6.64. The Bertz CT molecular complexity index is 495. The molecule has 0 aromatic heterocycles. The molecule has 0 bridgehead atoms. The van der Waals surface area contributed by atoms with Crippen LogP contribution in [0.2, 0.25) is 0 Å². The van der Waals surface area contributed by atoms with Crippen molar-refractivity contribution in [1.82, 2.24) is 10.6 Å². The van der Waals surface area contributed by atoms with Crippen LogP contribution in [0.4, 0.5) is 4.79 Å². The van der Waals surface area contributed by atoms with Crippen molar-refractivity contribution >= 4 is 21.8 Å². The molecule has 1 heterocycles. The van der Waals surface area contributed by atoms with E-state index < -0.39 is 39.3 Å². The van der Waals surface area contributed by atoms with Crippen LogP contribution in [0.25, 0.3) is 0 Å². The Morgan fingerprint density at radius 1 is 1.33 bits per heavy atom. The number of rotatable bonds is 4. The molecule has 21 heavy (non-hydrogen) atoms. The fraction of sp³-hybridized carbons (Fsp3) is 0.846. The average molecular weight is 320 g/mol. The monoisotopic (exact) mass is 320 g/mol. The maximum Gasteiger partial charge on any atom is 0.315 e. The van der Waals surface area contributed by atoms with Gasteiger partial charge in [0.25, 0.3) is 0 Å². The van der Waals surface area contributed by atoms with E-state index in [1.165, 1.54) is 0 Å². The number of aliphatic carboxylic acids is 1. The molecule has 0 radical (unpaired) electrons. The number of urea groups is 1. The summed E-state index contributed by atoms with van der Waals surface area (Å²) in [5.74, 6) is -0.883. The van der Waals surface area contributed by atoms with Gasteiger partial charge in [0.15, 0.2) is 9.84 Å². The van der Waals surface area contributed by atoms with Gasteiger partial charge in [-0.25, -0.2) is 13.2 Å². The molecular weight excluding hydrogens is 296 g/mol. The minimum absolute atomic E-state index is 0.0560. The molecule has 2 atom stereocenters. The van der Waals surface area contributed by atoms with Gasteiger partial charge in [0, 0.05) is 12.1 Å². The number of carboxylic acids is 1. The van der Waals surface area contributed by atoms with Gasteiger partial charge in [-0.3, -0.25) is 4.79 Å². The minimum Gasteiger partial charge on any atom is -0.481 e. The number of sulfone groups is 1. The average Bonchev–Trinajstić information content (AvgIpc) is 2.24. The summed E-state index contributed by atoms with van der Waals surface area (Å²) < 4.78 is 23.0. The molecular formula is C13H24N2O5S. The van der Waals surface area contributed by atoms with E-state index in [2.05, 4.69) is 10.6 Å². The highest BCUT2D eigenvalue weighted by atomic mass is 32.2. The van der Waals surface area contributed by atoms with E-state index in [1.807, 2.05) is 20.8 Å². The van der Waals surface area contributed by atoms with E-state index in [0.717, 1.165) is 0 Å². The molecule has 1 fully saturated rings. The molecule has 8 heteroatoms. The Morgan fingerprint density at radius 2 is 1.95 bits per heavy atom. The number of carbonyl (C=O) groups excluding carboxylic acids is 1. The number of hydrogen-bond acceptors (Lipinski definition) is 4. The van der Waals surface area contributed by atoms with E-state index in [9.17, 15) is 18.0 Å². The summed E-state index contributed by atoms with van der Waals surface area (Å²) in [7, 11) is -3.09. The second-order valence-electron chi connectivity index (χ2n) is 6.59. The van der Waals surface area contributed by atoms with E-state index in [4.69, 9.17) is 5.11 Å². The standard InChI is InChI=1S/C13H24N2O5S/c1-13(2,3)10(7-11(16)17)15-12(18)14-9-5-4-6-21(19,20)8-9/h9-10H,4-8H2,1-3H3,(H,16,17)(H2,14,15,18). The predicted octanol–water partition coefficient (Wildman–Crippen LogP) is 0.752. The zero-order valence-electron chi connectivity index (χ0n) is 12.7. The highest BCUT2D eigenvalue weighted by Crippen LogP contribution is 2.22. The van der Waals surface area contributed by atoms with Crippen LogP contribution in [0.15, 0.2) is 0 Å². The Labute approximate surface area is 125 Å². The summed E-state index contributed by atoms with van der Waals surface area (Å²) in [6.45, 7) is 5.52. The molecule has 7 nitrogen and oxygen atoms in total. The number of carboxylic acid groups (broad SMARTS) is 1. The molecule has 122 valence electrons. The van der Waals surface area contributed by atoms with E-state index >= 15 is 0 Å². The molecule has 2 amide bonds. The molecule has 1 aliphatic rings. The lowest BCUT2D eigenvalue weighted by molar-refractivity contribution is -0.138. The summed E-state index contributed by atoms with van der Waals surface area (Å²) in [5, 5.41) is 14.2. The third-order valence-electron chi connectivity index (χ3n) is 3.53. The number of nitrogens with one attached hydrogen (secondary N) is 2. The van der Waals surface area contributed by atoms with Crippen molar-refractivity contribution in [3.05, 3.63) is 0 Å². The zero-order chi connectivity index (χ0) is 16.3. The van der Waals surface area contributed by atoms with Crippen LogP contribution in [0.1, 0.15) is 40.0 Å². The minimum atomic E-state index is -3.09. The van der Waals surface area contributed by atoms with Crippen LogP contribution in [-0.4, -0.2) is 49.1 Å². The van der Waals surface area contributed by atoms with Crippen LogP contribution >= 0.6 is 0 Å². The van der Waals surface area contributed by atoms with Gasteiger partial charge in [0.1, 0.15) is 0 Å². The van der Waals surface area contributed by atoms with Gasteiger partial charge in [-0.15, -0.1) is 0 Å². The van der Waals surface area contributed by atoms with E-state index in [0.29, 0.717) is 12.8 Å². The summed E-state index contributed by atoms with van der Waals surface area (Å²) in [4.78, 5) is 22.8. The number of hydrogen-bond donors (Lipinski definition) is 3. The Morgan fingerprint density at radius 3 is 2.43 bits per heavy atom. The molecule has 1 saturated heterocycles. The van der Waals surface area contributed by atoms with Crippen molar-refractivity contribution in [3.8, 4) is 0 Å². The van der Waals surface area contributed by atoms with Crippen LogP contribution in [0, 0.1) is 5.41 Å². The van der Waals surface area contributed by atoms with Crippen molar-refractivity contribution in [3.63, 3.8) is 0 Å². The molecule has 0 saturated carbocycles. The Kier molecular flexibility index (Phi) is 5.61. The first-order valence-electron chi connectivity index (χ1n) is 6.99. The van der Waals surface area contributed by atoms with Gasteiger partial charge in [0.05, 0.1) is 17.9 Å². The largest absolute Gasteiger partial charge is 0.481 e. The van der Waals surface area contributed by atoms with Crippen LogP contribution < -0.4 is 10.6 Å². The lowest BCUT2D eigenvalue weighted by Gasteiger charge is -2.31. The van der Waals surface area contributed by atoms with Gasteiger partial charge in [0.2, 0.25) is 0 Å². The third-order valence-corrected chi connectivity index (χ3v) is 5.35. The van der Waals surface area contributed by atoms with Gasteiger partial charge < -0.3 is 15.7 Å². The van der Waals surface area contributed by atoms with Crippen molar-refractivity contribution < 1.29 is 23.1 Å². The Hall–Kier alpha value is -1.31. The van der Waals surface area contributed by atoms with Crippen molar-refractivity contribution in [1.29, 1.82) is 0 Å². The van der Waals surface area contributed by atoms with E-state index in [1.54, 1.807) is 0 Å². The first-order valence-corrected chi connectivity index (χ1v) is 8.81. The fourth-order valence-corrected chi connectivity index (χ4v) is 3.91. The molecule has 1 rings (SSSR count). The number of amides is 2. The molecule has 0 aliphatic carbocycles.